The van der Waals surface area contributed by atoms with Crippen LogP contribution >= 0.6 is 15.6 Å². The van der Waals surface area contributed by atoms with Gasteiger partial charge in [0.05, 0.1) is 30.6 Å². The van der Waals surface area contributed by atoms with Gasteiger partial charge in [0.2, 0.25) is 0 Å². The minimum Gasteiger partial charge on any atom is -0.387 e. The molecule has 0 saturated carbocycles. The minimum absolute atomic E-state index is 0.155. The molecule has 6 N–H and O–H groups in total. The zero-order valence-electron chi connectivity index (χ0n) is 22.2. The van der Waals surface area contributed by atoms with Gasteiger partial charge in [-0.15, -0.1) is 0 Å². The van der Waals surface area contributed by atoms with E-state index in [4.69, 9.17) is 33.3 Å². The molecule has 7 rings (SSSR count). The number of fused-ring (bicyclic) bond motifs is 5. The van der Waals surface area contributed by atoms with Crippen LogP contribution in [0.3, 0.4) is 0 Å². The number of nitrogens with zero attached hydrogens (tertiary/aromatic N) is 6. The molecule has 1 amide bonds. The van der Waals surface area contributed by atoms with Crippen LogP contribution in [0.4, 0.5) is 5.82 Å². The molecule has 0 aromatic carbocycles. The third-order valence-electron chi connectivity index (χ3n) is 7.62. The van der Waals surface area contributed by atoms with Crippen LogP contribution < -0.4 is 5.73 Å². The number of carbonyl (C=O) groups excluding carboxylic acids is 1. The van der Waals surface area contributed by atoms with Crippen LogP contribution in [0.1, 0.15) is 6.23 Å². The zero-order valence-corrected chi connectivity index (χ0v) is 24.0. The van der Waals surface area contributed by atoms with Crippen LogP contribution in [-0.2, 0) is 41.5 Å². The number of nitrogens with two attached hydrogens (primary N) is 1. The van der Waals surface area contributed by atoms with Crippen molar-refractivity contribution in [3.05, 3.63) is 30.4 Å². The highest BCUT2D eigenvalue weighted by atomic mass is 31.2. The summed E-state index contributed by atoms with van der Waals surface area (Å²) in [6, 6.07) is 0.570. The lowest BCUT2D eigenvalue weighted by atomic mass is 10.1. The maximum atomic E-state index is 13.2. The molecule has 3 saturated heterocycles. The topological polar surface area (TPSA) is 272 Å². The molecular formula is C22H25N7O13P2. The Hall–Kier alpha value is -2.97. The largest absolute Gasteiger partial charge is 0.472 e. The second-order valence-electron chi connectivity index (χ2n) is 10.3. The Balaban J connectivity index is 1.17. The third-order valence-corrected chi connectivity index (χ3v) is 9.59. The molecular weight excluding hydrogens is 632 g/mol. The SMILES string of the molecule is Nc1ncnc2c1ccn2[C@@H]1O[C@@H]2COP(=O)(O)O[C@@H]3[C@H](O)[C@@H](COP(=O)(O)O[C@H]2[C@H]1O)O[C@H]3N1C=NC2C(=O)N=CC=C21. The van der Waals surface area contributed by atoms with E-state index in [1.807, 2.05) is 0 Å². The monoisotopic (exact) mass is 657 g/mol. The molecule has 236 valence electrons. The smallest absolute Gasteiger partial charge is 0.387 e. The number of aliphatic hydroxyl groups excluding tert-OH is 2. The van der Waals surface area contributed by atoms with Crippen LogP contribution in [0.5, 0.6) is 0 Å². The van der Waals surface area contributed by atoms with Crippen LogP contribution in [0, 0.1) is 0 Å². The first-order chi connectivity index (χ1) is 20.9. The molecule has 2 aromatic rings. The first-order valence-corrected chi connectivity index (χ1v) is 16.1. The number of hydrogen-bond acceptors (Lipinski definition) is 16. The minimum atomic E-state index is -5.05. The van der Waals surface area contributed by atoms with Gasteiger partial charge in [0.15, 0.2) is 18.5 Å². The Bertz CT molecular complexity index is 1680. The number of phosphoric acid groups is 2. The summed E-state index contributed by atoms with van der Waals surface area (Å²) >= 11 is 0. The number of dihydropyridines is 1. The molecule has 5 aliphatic heterocycles. The lowest BCUT2D eigenvalue weighted by Crippen LogP contribution is -2.44. The van der Waals surface area contributed by atoms with Gasteiger partial charge in [-0.3, -0.25) is 27.9 Å². The van der Waals surface area contributed by atoms with Crippen molar-refractivity contribution in [3.63, 3.8) is 0 Å². The summed E-state index contributed by atoms with van der Waals surface area (Å²) in [6.07, 6.45) is -5.45. The molecule has 44 heavy (non-hydrogen) atoms. The highest BCUT2D eigenvalue weighted by Crippen LogP contribution is 2.53. The van der Waals surface area contributed by atoms with E-state index in [2.05, 4.69) is 20.0 Å². The molecule has 7 heterocycles. The lowest BCUT2D eigenvalue weighted by molar-refractivity contribution is -0.118. The van der Waals surface area contributed by atoms with Gasteiger partial charge in [-0.2, -0.15) is 0 Å². The van der Waals surface area contributed by atoms with Crippen molar-refractivity contribution >= 4 is 51.0 Å². The molecule has 0 radical (unpaired) electrons. The highest BCUT2D eigenvalue weighted by molar-refractivity contribution is 7.47. The maximum absolute atomic E-state index is 13.2. The van der Waals surface area contributed by atoms with Gasteiger partial charge < -0.3 is 44.7 Å². The van der Waals surface area contributed by atoms with Gasteiger partial charge in [-0.05, 0) is 12.1 Å². The molecule has 3 unspecified atom stereocenters. The van der Waals surface area contributed by atoms with E-state index in [1.165, 1.54) is 40.6 Å². The predicted octanol–water partition coefficient (Wildman–Crippen LogP) is -1.42. The highest BCUT2D eigenvalue weighted by Gasteiger charge is 2.55. The number of anilines is 1. The number of nitrogen functional groups attached to an aromatic ring is 1. The van der Waals surface area contributed by atoms with E-state index in [-0.39, 0.29) is 17.2 Å². The zero-order chi connectivity index (χ0) is 31.0. The fraction of sp³-hybridized carbons (Fsp3) is 0.500. The second kappa shape index (κ2) is 10.8. The first kappa shape index (κ1) is 29.7. The number of carbonyl (C=O) groups is 1. The number of phosphoric ester groups is 2. The molecule has 22 heteroatoms. The number of ether oxygens (including phenoxy) is 2. The lowest BCUT2D eigenvalue weighted by Gasteiger charge is -2.31. The van der Waals surface area contributed by atoms with E-state index in [1.54, 1.807) is 6.07 Å². The van der Waals surface area contributed by atoms with Crippen LogP contribution in [0.15, 0.2) is 40.3 Å². The Morgan fingerprint density at radius 1 is 0.955 bits per heavy atom. The van der Waals surface area contributed by atoms with Gasteiger partial charge in [-0.25, -0.2) is 24.1 Å². The summed E-state index contributed by atoms with van der Waals surface area (Å²) in [7, 11) is -10.1. The molecule has 20 nitrogen and oxygen atoms in total. The van der Waals surface area contributed by atoms with Crippen LogP contribution in [0.25, 0.3) is 11.0 Å². The van der Waals surface area contributed by atoms with Crippen molar-refractivity contribution < 1.29 is 61.5 Å². The Morgan fingerprint density at radius 3 is 2.43 bits per heavy atom. The first-order valence-electron chi connectivity index (χ1n) is 13.1. The number of allylic oxidation sites excluding steroid dienone is 1. The number of rotatable bonds is 2. The van der Waals surface area contributed by atoms with Gasteiger partial charge in [0.25, 0.3) is 5.91 Å². The van der Waals surface area contributed by atoms with Gasteiger partial charge in [-0.1, -0.05) is 0 Å². The number of aliphatic hydroxyl groups is 2. The number of aromatic nitrogens is 3. The van der Waals surface area contributed by atoms with Crippen molar-refractivity contribution in [1.82, 2.24) is 19.4 Å². The van der Waals surface area contributed by atoms with E-state index in [0.717, 1.165) is 0 Å². The molecule has 0 spiro atoms. The quantitative estimate of drug-likeness (QED) is 0.232. The maximum Gasteiger partial charge on any atom is 0.472 e. The average molecular weight is 657 g/mol. The van der Waals surface area contributed by atoms with Crippen molar-refractivity contribution in [2.24, 2.45) is 9.98 Å². The summed E-state index contributed by atoms with van der Waals surface area (Å²) in [4.78, 5) is 50.5. The van der Waals surface area contributed by atoms with E-state index in [9.17, 15) is 33.9 Å². The number of aliphatic imine (C=N–C) groups is 2. The number of hydrogen-bond donors (Lipinski definition) is 5. The average Bonchev–Trinajstić information content (AvgIpc) is 3.73. The van der Waals surface area contributed by atoms with Crippen molar-refractivity contribution in [1.29, 1.82) is 0 Å². The standard InChI is InChI=1S/C22H25N7O13P2/c23-18-9-2-4-28(19(9)26-7-25-18)21-15(31)16-12(40-21)6-38-44(35,36)42-17-14(30)11(5-37-43(33,34)41-16)39-22(17)29-8-27-13-10(29)1-3-24-20(13)32/h1-4,7-8,11-17,21-22,30-31H,5-6H2,(H,33,34)(H,35,36)(H2,23,25,26)/t11-,12-,13?,14-,15-,16-,17-,21-,22-/m1/s1. The molecule has 3 fully saturated rings. The summed E-state index contributed by atoms with van der Waals surface area (Å²) in [5.41, 5.74) is 6.44. The second-order valence-corrected chi connectivity index (χ2v) is 13.1. The molecule has 11 atom stereocenters. The van der Waals surface area contributed by atoms with Gasteiger partial charge in [0, 0.05) is 12.4 Å². The fourth-order valence-corrected chi connectivity index (χ4v) is 7.46. The number of amides is 1. The summed E-state index contributed by atoms with van der Waals surface area (Å²) in [5, 5.41) is 22.6. The summed E-state index contributed by atoms with van der Waals surface area (Å²) in [5.74, 6) is -0.410. The molecule has 2 bridgehead atoms. The van der Waals surface area contributed by atoms with Crippen LogP contribution in [-0.4, -0.2) is 120 Å². The van der Waals surface area contributed by atoms with Gasteiger partial charge in [0.1, 0.15) is 54.4 Å². The van der Waals surface area contributed by atoms with Crippen molar-refractivity contribution in [2.75, 3.05) is 18.9 Å². The summed E-state index contributed by atoms with van der Waals surface area (Å²) < 4.78 is 60.3. The molecule has 0 aliphatic carbocycles. The Morgan fingerprint density at radius 2 is 1.66 bits per heavy atom. The van der Waals surface area contributed by atoms with Crippen LogP contribution in [0.2, 0.25) is 0 Å². The normalized spacial score (nSPS) is 42.5. The van der Waals surface area contributed by atoms with Crippen molar-refractivity contribution in [3.8, 4) is 0 Å². The summed E-state index contributed by atoms with van der Waals surface area (Å²) in [6.45, 7) is -1.55. The molecule has 5 aliphatic rings. The Kier molecular flexibility index (Phi) is 7.32. The van der Waals surface area contributed by atoms with Crippen molar-refractivity contribution in [2.45, 2.75) is 55.1 Å². The van der Waals surface area contributed by atoms with Gasteiger partial charge >= 0.3 is 15.6 Å². The van der Waals surface area contributed by atoms with E-state index < -0.39 is 89.9 Å². The van der Waals surface area contributed by atoms with E-state index >= 15 is 0 Å². The molecule has 2 aromatic heterocycles. The predicted molar refractivity (Wildman–Crippen MR) is 144 cm³/mol. The fourth-order valence-electron chi connectivity index (χ4n) is 5.57. The Labute approximate surface area is 246 Å². The van der Waals surface area contributed by atoms with E-state index in [0.29, 0.717) is 5.39 Å². The third kappa shape index (κ3) is 5.12.